The molecular formula is C20H24BrN3O4. The molecule has 3 amide bonds. The Bertz CT molecular complexity index is 858. The van der Waals surface area contributed by atoms with Crippen molar-refractivity contribution in [1.82, 2.24) is 10.2 Å². The van der Waals surface area contributed by atoms with Crippen molar-refractivity contribution < 1.29 is 19.1 Å². The third-order valence-electron chi connectivity index (χ3n) is 6.15. The fourth-order valence-corrected chi connectivity index (χ4v) is 5.29. The van der Waals surface area contributed by atoms with Gasteiger partial charge in [0, 0.05) is 42.0 Å². The highest BCUT2D eigenvalue weighted by Crippen LogP contribution is 2.54. The molecule has 2 saturated heterocycles. The number of anilines is 1. The molecular weight excluding hydrogens is 426 g/mol. The predicted octanol–water partition coefficient (Wildman–Crippen LogP) is 1.86. The van der Waals surface area contributed by atoms with E-state index in [1.807, 2.05) is 32.0 Å². The summed E-state index contributed by atoms with van der Waals surface area (Å²) in [5.74, 6) is -1.93. The first-order valence-corrected chi connectivity index (χ1v) is 10.4. The van der Waals surface area contributed by atoms with Crippen molar-refractivity contribution >= 4 is 39.3 Å². The summed E-state index contributed by atoms with van der Waals surface area (Å²) in [4.78, 5) is 41.1. The lowest BCUT2D eigenvalue weighted by atomic mass is 9.76. The molecule has 8 heteroatoms. The monoisotopic (exact) mass is 449 g/mol. The van der Waals surface area contributed by atoms with Crippen LogP contribution in [0.2, 0.25) is 0 Å². The fourth-order valence-electron chi connectivity index (χ4n) is 4.93. The summed E-state index contributed by atoms with van der Waals surface area (Å²) in [6.45, 7) is 4.80. The average molecular weight is 450 g/mol. The number of benzene rings is 1. The number of nitrogens with one attached hydrogen (secondary N) is 2. The number of carbonyl (C=O) groups excluding carboxylic acids is 3. The number of likely N-dealkylation sites (tertiary alicyclic amines) is 1. The maximum absolute atomic E-state index is 13.4. The van der Waals surface area contributed by atoms with Crippen LogP contribution in [0.25, 0.3) is 0 Å². The zero-order valence-electron chi connectivity index (χ0n) is 16.1. The Hall–Kier alpha value is -1.77. The topological polar surface area (TPSA) is 87.7 Å². The first-order valence-electron chi connectivity index (χ1n) is 9.56. The van der Waals surface area contributed by atoms with E-state index in [0.717, 1.165) is 10.0 Å². The number of hydrogen-bond acceptors (Lipinski definition) is 5. The zero-order valence-corrected chi connectivity index (χ0v) is 17.7. The quantitative estimate of drug-likeness (QED) is 0.529. The van der Waals surface area contributed by atoms with Crippen molar-refractivity contribution in [3.05, 3.63) is 28.2 Å². The van der Waals surface area contributed by atoms with Crippen LogP contribution in [0.1, 0.15) is 25.8 Å². The van der Waals surface area contributed by atoms with E-state index in [-0.39, 0.29) is 29.7 Å². The number of hydrogen-bond donors (Lipinski definition) is 2. The Labute approximate surface area is 172 Å². The van der Waals surface area contributed by atoms with Crippen LogP contribution < -0.4 is 10.6 Å². The molecule has 4 rings (SSSR count). The Morgan fingerprint density at radius 1 is 1.25 bits per heavy atom. The minimum atomic E-state index is -1.22. The molecule has 0 saturated carbocycles. The highest BCUT2D eigenvalue weighted by molar-refractivity contribution is 9.10. The van der Waals surface area contributed by atoms with Crippen molar-refractivity contribution in [1.29, 1.82) is 0 Å². The molecule has 0 aromatic heterocycles. The van der Waals surface area contributed by atoms with Crippen molar-refractivity contribution in [2.45, 2.75) is 31.8 Å². The van der Waals surface area contributed by atoms with Crippen molar-refractivity contribution in [2.75, 3.05) is 25.6 Å². The van der Waals surface area contributed by atoms with E-state index in [9.17, 15) is 14.4 Å². The van der Waals surface area contributed by atoms with E-state index in [0.29, 0.717) is 25.3 Å². The number of imide groups is 1. The lowest BCUT2D eigenvalue weighted by molar-refractivity contribution is -0.143. The van der Waals surface area contributed by atoms with Crippen LogP contribution in [0.15, 0.2) is 22.7 Å². The smallest absolute Gasteiger partial charge is 0.250 e. The normalized spacial score (nSPS) is 31.1. The second-order valence-electron chi connectivity index (χ2n) is 8.04. The summed E-state index contributed by atoms with van der Waals surface area (Å²) in [7, 11) is 1.59. The van der Waals surface area contributed by atoms with Gasteiger partial charge >= 0.3 is 0 Å². The van der Waals surface area contributed by atoms with Crippen LogP contribution in [0.3, 0.4) is 0 Å². The van der Waals surface area contributed by atoms with Gasteiger partial charge in [-0.15, -0.1) is 0 Å². The van der Waals surface area contributed by atoms with E-state index in [4.69, 9.17) is 4.74 Å². The summed E-state index contributed by atoms with van der Waals surface area (Å²) >= 11 is 3.47. The SMILES string of the molecule is COCCCN1C(=O)[C@H]2[C@@H](C1=O)[C@]1(N[C@H]2C(C)C)C(=O)Nc2ccc(Br)cc21. The van der Waals surface area contributed by atoms with E-state index in [2.05, 4.69) is 26.6 Å². The van der Waals surface area contributed by atoms with Gasteiger partial charge in [0.2, 0.25) is 17.7 Å². The number of carbonyl (C=O) groups is 3. The Morgan fingerprint density at radius 3 is 2.68 bits per heavy atom. The minimum absolute atomic E-state index is 0.0894. The Balaban J connectivity index is 1.81. The van der Waals surface area contributed by atoms with Crippen LogP contribution in [-0.4, -0.2) is 48.9 Å². The molecule has 28 heavy (non-hydrogen) atoms. The Kier molecular flexibility index (Phi) is 4.84. The number of methoxy groups -OCH3 is 1. The van der Waals surface area contributed by atoms with Gasteiger partial charge in [-0.3, -0.25) is 24.6 Å². The predicted molar refractivity (Wildman–Crippen MR) is 106 cm³/mol. The maximum atomic E-state index is 13.4. The summed E-state index contributed by atoms with van der Waals surface area (Å²) in [6.07, 6.45) is 0.578. The fraction of sp³-hybridized carbons (Fsp3) is 0.550. The molecule has 3 aliphatic heterocycles. The number of nitrogens with zero attached hydrogens (tertiary/aromatic N) is 1. The molecule has 0 radical (unpaired) electrons. The maximum Gasteiger partial charge on any atom is 0.250 e. The number of amides is 3. The highest BCUT2D eigenvalue weighted by Gasteiger charge is 2.70. The molecule has 1 spiro atoms. The van der Waals surface area contributed by atoms with Crippen LogP contribution in [0.4, 0.5) is 5.69 Å². The van der Waals surface area contributed by atoms with Crippen LogP contribution in [0.5, 0.6) is 0 Å². The molecule has 1 aromatic rings. The molecule has 0 unspecified atom stereocenters. The second-order valence-corrected chi connectivity index (χ2v) is 8.96. The van der Waals surface area contributed by atoms with Crippen LogP contribution in [-0.2, 0) is 24.7 Å². The summed E-state index contributed by atoms with van der Waals surface area (Å²) < 4.78 is 5.89. The van der Waals surface area contributed by atoms with Gasteiger partial charge in [0.25, 0.3) is 0 Å². The molecule has 0 bridgehead atoms. The van der Waals surface area contributed by atoms with E-state index >= 15 is 0 Å². The van der Waals surface area contributed by atoms with Gasteiger partial charge in [0.15, 0.2) is 0 Å². The van der Waals surface area contributed by atoms with Crippen molar-refractivity contribution in [3.8, 4) is 0 Å². The van der Waals surface area contributed by atoms with E-state index in [1.165, 1.54) is 4.90 Å². The second kappa shape index (κ2) is 6.93. The molecule has 2 fully saturated rings. The van der Waals surface area contributed by atoms with Crippen molar-refractivity contribution in [2.24, 2.45) is 17.8 Å². The molecule has 150 valence electrons. The molecule has 3 aliphatic rings. The van der Waals surface area contributed by atoms with Gasteiger partial charge in [0.1, 0.15) is 5.54 Å². The minimum Gasteiger partial charge on any atom is -0.385 e. The van der Waals surface area contributed by atoms with Gasteiger partial charge in [-0.1, -0.05) is 29.8 Å². The first kappa shape index (κ1) is 19.5. The number of halogens is 1. The van der Waals surface area contributed by atoms with Gasteiger partial charge in [0.05, 0.1) is 11.8 Å². The van der Waals surface area contributed by atoms with Gasteiger partial charge < -0.3 is 10.1 Å². The highest BCUT2D eigenvalue weighted by atomic mass is 79.9. The summed E-state index contributed by atoms with van der Waals surface area (Å²) in [5.41, 5.74) is 0.188. The summed E-state index contributed by atoms with van der Waals surface area (Å²) in [6, 6.07) is 5.28. The summed E-state index contributed by atoms with van der Waals surface area (Å²) in [5, 5.41) is 6.33. The zero-order chi connectivity index (χ0) is 20.2. The van der Waals surface area contributed by atoms with Gasteiger partial charge in [-0.05, 0) is 30.5 Å². The third kappa shape index (κ3) is 2.58. The Morgan fingerprint density at radius 2 is 2.00 bits per heavy atom. The van der Waals surface area contributed by atoms with Gasteiger partial charge in [-0.2, -0.15) is 0 Å². The largest absolute Gasteiger partial charge is 0.385 e. The van der Waals surface area contributed by atoms with Crippen molar-refractivity contribution in [3.63, 3.8) is 0 Å². The molecule has 7 nitrogen and oxygen atoms in total. The lowest BCUT2D eigenvalue weighted by Crippen LogP contribution is -2.54. The molecule has 4 atom stereocenters. The molecule has 1 aromatic carbocycles. The number of ether oxygens (including phenoxy) is 1. The average Bonchev–Trinajstić information content (AvgIpc) is 3.23. The first-order chi connectivity index (χ1) is 13.3. The number of rotatable bonds is 5. The molecule has 2 N–H and O–H groups in total. The van der Waals surface area contributed by atoms with Crippen LogP contribution >= 0.6 is 15.9 Å². The molecule has 3 heterocycles. The lowest BCUT2D eigenvalue weighted by Gasteiger charge is -2.30. The number of fused-ring (bicyclic) bond motifs is 4. The molecule has 0 aliphatic carbocycles. The van der Waals surface area contributed by atoms with Gasteiger partial charge in [-0.25, -0.2) is 0 Å². The standard InChI is InChI=1S/C20H24BrN3O4/c1-10(2)16-14-15(18(26)24(17(14)25)7-4-8-28-3)20(23-16)12-9-11(21)5-6-13(12)22-19(20)27/h5-6,9-10,14-16,23H,4,7-8H2,1-3H3,(H,22,27)/t14-,15-,16-,20-/m0/s1. The van der Waals surface area contributed by atoms with E-state index < -0.39 is 17.4 Å². The van der Waals surface area contributed by atoms with E-state index in [1.54, 1.807) is 7.11 Å². The van der Waals surface area contributed by atoms with Crippen LogP contribution in [0, 0.1) is 17.8 Å². The third-order valence-corrected chi connectivity index (χ3v) is 6.64.